The van der Waals surface area contributed by atoms with Crippen molar-refractivity contribution in [3.8, 4) is 0 Å². The summed E-state index contributed by atoms with van der Waals surface area (Å²) in [6.45, 7) is 1.96. The summed E-state index contributed by atoms with van der Waals surface area (Å²) >= 11 is 5.21. The minimum absolute atomic E-state index is 0.0148. The number of carbonyl (C=O) groups is 2. The lowest BCUT2D eigenvalue weighted by atomic mass is 10.0. The van der Waals surface area contributed by atoms with Gasteiger partial charge in [-0.2, -0.15) is 0 Å². The summed E-state index contributed by atoms with van der Waals surface area (Å²) in [5, 5.41) is 10.8. The molecule has 152 valence electrons. The molecule has 0 bridgehead atoms. The zero-order valence-corrected chi connectivity index (χ0v) is 17.5. The maximum absolute atomic E-state index is 12.2. The second-order valence-electron chi connectivity index (χ2n) is 6.72. The second kappa shape index (κ2) is 10.3. The van der Waals surface area contributed by atoms with Gasteiger partial charge in [-0.3, -0.25) is 14.9 Å². The molecule has 3 aromatic carbocycles. The van der Waals surface area contributed by atoms with Crippen molar-refractivity contribution in [2.75, 3.05) is 10.6 Å². The molecule has 6 heteroatoms. The van der Waals surface area contributed by atoms with Crippen LogP contribution in [0.25, 0.3) is 16.8 Å². The molecule has 0 unspecified atom stereocenters. The van der Waals surface area contributed by atoms with Crippen LogP contribution >= 0.6 is 12.2 Å². The van der Waals surface area contributed by atoms with Gasteiger partial charge in [-0.05, 0) is 65.3 Å². The van der Waals surface area contributed by atoms with Crippen molar-refractivity contribution in [3.05, 3.63) is 78.4 Å². The maximum atomic E-state index is 12.2. The summed E-state index contributed by atoms with van der Waals surface area (Å²) < 4.78 is 0. The van der Waals surface area contributed by atoms with Crippen molar-refractivity contribution >= 4 is 57.4 Å². The van der Waals surface area contributed by atoms with Crippen molar-refractivity contribution in [2.45, 2.75) is 19.8 Å². The topological polar surface area (TPSA) is 70.2 Å². The highest BCUT2D eigenvalue weighted by Crippen LogP contribution is 2.19. The van der Waals surface area contributed by atoms with Gasteiger partial charge in [-0.15, -0.1) is 0 Å². The Hall–Kier alpha value is -3.51. The number of thiocarbonyl (C=S) groups is 1. The zero-order chi connectivity index (χ0) is 21.3. The molecular weight excluding hydrogens is 394 g/mol. The van der Waals surface area contributed by atoms with E-state index in [4.69, 9.17) is 12.2 Å². The van der Waals surface area contributed by atoms with Crippen LogP contribution in [0, 0.1) is 0 Å². The van der Waals surface area contributed by atoms with E-state index in [1.54, 1.807) is 30.3 Å². The molecule has 0 aliphatic carbocycles. The average Bonchev–Trinajstić information content (AvgIpc) is 2.73. The molecule has 0 fully saturated rings. The van der Waals surface area contributed by atoms with Crippen molar-refractivity contribution in [3.63, 3.8) is 0 Å². The van der Waals surface area contributed by atoms with Crippen LogP contribution in [0.15, 0.2) is 72.8 Å². The molecule has 0 saturated heterocycles. The van der Waals surface area contributed by atoms with E-state index < -0.39 is 0 Å². The van der Waals surface area contributed by atoms with E-state index >= 15 is 0 Å². The number of hydrogen-bond acceptors (Lipinski definition) is 3. The highest BCUT2D eigenvalue weighted by Gasteiger charge is 2.04. The smallest absolute Gasteiger partial charge is 0.250 e. The summed E-state index contributed by atoms with van der Waals surface area (Å²) in [6, 6.07) is 21.1. The van der Waals surface area contributed by atoms with E-state index in [0.717, 1.165) is 22.8 Å². The Balaban J connectivity index is 1.55. The van der Waals surface area contributed by atoms with Gasteiger partial charge in [0, 0.05) is 23.9 Å². The van der Waals surface area contributed by atoms with Gasteiger partial charge in [0.25, 0.3) is 0 Å². The predicted molar refractivity (Wildman–Crippen MR) is 127 cm³/mol. The molecule has 0 heterocycles. The summed E-state index contributed by atoms with van der Waals surface area (Å²) in [5.74, 6) is -0.331. The van der Waals surface area contributed by atoms with Gasteiger partial charge in [-0.1, -0.05) is 49.4 Å². The van der Waals surface area contributed by atoms with Crippen LogP contribution in [0.4, 0.5) is 11.4 Å². The maximum Gasteiger partial charge on any atom is 0.250 e. The highest BCUT2D eigenvalue weighted by atomic mass is 32.1. The van der Waals surface area contributed by atoms with Crippen molar-refractivity contribution in [2.24, 2.45) is 0 Å². The van der Waals surface area contributed by atoms with E-state index in [0.29, 0.717) is 17.8 Å². The number of amides is 2. The Labute approximate surface area is 181 Å². The molecule has 2 amide bonds. The van der Waals surface area contributed by atoms with Gasteiger partial charge < -0.3 is 10.6 Å². The number of carbonyl (C=O) groups excluding carboxylic acids is 2. The lowest BCUT2D eigenvalue weighted by molar-refractivity contribution is -0.116. The molecule has 0 aliphatic heterocycles. The van der Waals surface area contributed by atoms with E-state index in [1.165, 1.54) is 6.08 Å². The predicted octanol–water partition coefficient (Wildman–Crippen LogP) is 5.10. The molecule has 0 spiro atoms. The first kappa shape index (κ1) is 21.2. The van der Waals surface area contributed by atoms with Crippen molar-refractivity contribution in [1.82, 2.24) is 5.32 Å². The van der Waals surface area contributed by atoms with E-state index in [2.05, 4.69) is 16.0 Å². The van der Waals surface area contributed by atoms with E-state index in [1.807, 2.05) is 49.4 Å². The van der Waals surface area contributed by atoms with Gasteiger partial charge in [0.1, 0.15) is 0 Å². The van der Waals surface area contributed by atoms with Crippen LogP contribution in [-0.4, -0.2) is 16.9 Å². The molecule has 3 rings (SSSR count). The monoisotopic (exact) mass is 417 g/mol. The quantitative estimate of drug-likeness (QED) is 0.385. The number of hydrogen-bond donors (Lipinski definition) is 3. The van der Waals surface area contributed by atoms with Crippen LogP contribution in [0.2, 0.25) is 0 Å². The number of benzene rings is 3. The zero-order valence-electron chi connectivity index (χ0n) is 16.6. The molecule has 0 saturated carbocycles. The Morgan fingerprint density at radius 2 is 1.57 bits per heavy atom. The summed E-state index contributed by atoms with van der Waals surface area (Å²) in [7, 11) is 0. The highest BCUT2D eigenvalue weighted by molar-refractivity contribution is 7.80. The molecule has 3 aromatic rings. The third kappa shape index (κ3) is 5.99. The third-order valence-electron chi connectivity index (χ3n) is 4.38. The SMILES string of the molecule is CCCC(=O)Nc1ccc(NC(=S)NC(=O)/C=C/c2cccc3ccccc23)cc1. The first-order chi connectivity index (χ1) is 14.5. The molecule has 0 radical (unpaired) electrons. The number of anilines is 2. The van der Waals surface area contributed by atoms with Gasteiger partial charge in [0.15, 0.2) is 5.11 Å². The van der Waals surface area contributed by atoms with Crippen LogP contribution in [0.5, 0.6) is 0 Å². The lowest BCUT2D eigenvalue weighted by Crippen LogP contribution is -2.32. The average molecular weight is 418 g/mol. The van der Waals surface area contributed by atoms with Crippen LogP contribution in [0.3, 0.4) is 0 Å². The minimum atomic E-state index is -0.316. The molecule has 30 heavy (non-hydrogen) atoms. The van der Waals surface area contributed by atoms with Gasteiger partial charge in [0.2, 0.25) is 11.8 Å². The standard InChI is InChI=1S/C24H23N3O2S/c1-2-6-22(28)25-19-12-14-20(15-13-19)26-24(30)27-23(29)16-11-18-9-5-8-17-7-3-4-10-21(17)18/h3-5,7-16H,2,6H2,1H3,(H,25,28)(H2,26,27,29,30)/b16-11+. The first-order valence-corrected chi connectivity index (χ1v) is 10.1. The van der Waals surface area contributed by atoms with Crippen LogP contribution in [0.1, 0.15) is 25.3 Å². The number of nitrogens with one attached hydrogen (secondary N) is 3. The fourth-order valence-electron chi connectivity index (χ4n) is 2.96. The largest absolute Gasteiger partial charge is 0.332 e. The third-order valence-corrected chi connectivity index (χ3v) is 4.58. The van der Waals surface area contributed by atoms with E-state index in [9.17, 15) is 9.59 Å². The van der Waals surface area contributed by atoms with E-state index in [-0.39, 0.29) is 16.9 Å². The fraction of sp³-hybridized carbons (Fsp3) is 0.125. The van der Waals surface area contributed by atoms with Crippen LogP contribution < -0.4 is 16.0 Å². The fourth-order valence-corrected chi connectivity index (χ4v) is 3.18. The number of rotatable bonds is 6. The van der Waals surface area contributed by atoms with Crippen molar-refractivity contribution < 1.29 is 9.59 Å². The summed E-state index contributed by atoms with van der Waals surface area (Å²) in [6.07, 6.45) is 4.52. The Kier molecular flexibility index (Phi) is 7.29. The first-order valence-electron chi connectivity index (χ1n) is 9.73. The molecule has 0 aliphatic rings. The van der Waals surface area contributed by atoms with Crippen LogP contribution in [-0.2, 0) is 9.59 Å². The minimum Gasteiger partial charge on any atom is -0.332 e. The Bertz CT molecular complexity index is 1090. The van der Waals surface area contributed by atoms with Gasteiger partial charge in [-0.25, -0.2) is 0 Å². The molecular formula is C24H23N3O2S. The normalized spacial score (nSPS) is 10.7. The van der Waals surface area contributed by atoms with Gasteiger partial charge >= 0.3 is 0 Å². The molecule has 0 atom stereocenters. The van der Waals surface area contributed by atoms with Crippen molar-refractivity contribution in [1.29, 1.82) is 0 Å². The molecule has 3 N–H and O–H groups in total. The summed E-state index contributed by atoms with van der Waals surface area (Å²) in [4.78, 5) is 23.8. The lowest BCUT2D eigenvalue weighted by Gasteiger charge is -2.09. The summed E-state index contributed by atoms with van der Waals surface area (Å²) in [5.41, 5.74) is 2.39. The van der Waals surface area contributed by atoms with Gasteiger partial charge in [0.05, 0.1) is 0 Å². The molecule has 0 aromatic heterocycles. The Morgan fingerprint density at radius 3 is 2.30 bits per heavy atom. The Morgan fingerprint density at radius 1 is 0.900 bits per heavy atom. The number of fused-ring (bicyclic) bond motifs is 1. The molecule has 5 nitrogen and oxygen atoms in total. The second-order valence-corrected chi connectivity index (χ2v) is 7.13.